The molecule has 0 saturated carbocycles. The van der Waals surface area contributed by atoms with Crippen LogP contribution in [0.1, 0.15) is 12.7 Å². The van der Waals surface area contributed by atoms with Gasteiger partial charge in [0.15, 0.2) is 5.82 Å². The monoisotopic (exact) mass is 222 g/mol. The van der Waals surface area contributed by atoms with Crippen LogP contribution in [-0.2, 0) is 6.42 Å². The molecule has 2 rings (SSSR count). The Balaban J connectivity index is 2.48. The number of anilines is 1. The highest BCUT2D eigenvalue weighted by molar-refractivity contribution is 6.33. The van der Waals surface area contributed by atoms with E-state index in [2.05, 4.69) is 15.2 Å². The fraction of sp³-hybridized carbons (Fsp3) is 0.200. The minimum atomic E-state index is 0.587. The fourth-order valence-corrected chi connectivity index (χ4v) is 1.49. The number of hydrogen-bond donors (Lipinski definition) is 2. The minimum Gasteiger partial charge on any atom is -0.399 e. The van der Waals surface area contributed by atoms with Crippen molar-refractivity contribution in [2.75, 3.05) is 5.73 Å². The van der Waals surface area contributed by atoms with Gasteiger partial charge in [-0.15, -0.1) is 0 Å². The predicted molar refractivity (Wildman–Crippen MR) is 60.6 cm³/mol. The number of aryl methyl sites for hydroxylation is 1. The van der Waals surface area contributed by atoms with Gasteiger partial charge in [0.05, 0.1) is 5.02 Å². The van der Waals surface area contributed by atoms with E-state index in [1.54, 1.807) is 18.2 Å². The van der Waals surface area contributed by atoms with Crippen LogP contribution in [0.4, 0.5) is 5.69 Å². The van der Waals surface area contributed by atoms with Crippen LogP contribution in [0.5, 0.6) is 0 Å². The lowest BCUT2D eigenvalue weighted by atomic mass is 10.2. The number of nitrogens with zero attached hydrogens (tertiary/aromatic N) is 2. The van der Waals surface area contributed by atoms with Crippen LogP contribution in [0.25, 0.3) is 11.4 Å². The van der Waals surface area contributed by atoms with Crippen molar-refractivity contribution in [1.82, 2.24) is 15.2 Å². The van der Waals surface area contributed by atoms with Gasteiger partial charge in [0.1, 0.15) is 5.82 Å². The number of nitrogens with two attached hydrogens (primary N) is 1. The number of aromatic nitrogens is 3. The highest BCUT2D eigenvalue weighted by atomic mass is 35.5. The zero-order valence-electron chi connectivity index (χ0n) is 8.29. The summed E-state index contributed by atoms with van der Waals surface area (Å²) in [7, 11) is 0. The zero-order chi connectivity index (χ0) is 10.8. The summed E-state index contributed by atoms with van der Waals surface area (Å²) < 4.78 is 0. The Labute approximate surface area is 92.5 Å². The summed E-state index contributed by atoms with van der Waals surface area (Å²) >= 11 is 6.03. The van der Waals surface area contributed by atoms with E-state index >= 15 is 0 Å². The second-order valence-corrected chi connectivity index (χ2v) is 3.61. The molecule has 78 valence electrons. The van der Waals surface area contributed by atoms with E-state index in [9.17, 15) is 0 Å². The molecule has 1 aromatic heterocycles. The summed E-state index contributed by atoms with van der Waals surface area (Å²) in [5.74, 6) is 1.42. The van der Waals surface area contributed by atoms with Crippen LogP contribution in [-0.4, -0.2) is 15.2 Å². The quantitative estimate of drug-likeness (QED) is 0.766. The molecule has 0 radical (unpaired) electrons. The van der Waals surface area contributed by atoms with Crippen LogP contribution in [0.15, 0.2) is 18.2 Å². The van der Waals surface area contributed by atoms with Crippen molar-refractivity contribution in [2.45, 2.75) is 13.3 Å². The van der Waals surface area contributed by atoms with Gasteiger partial charge in [-0.25, -0.2) is 4.98 Å². The van der Waals surface area contributed by atoms with Crippen molar-refractivity contribution < 1.29 is 0 Å². The third-order valence-electron chi connectivity index (χ3n) is 2.10. The minimum absolute atomic E-state index is 0.587. The second-order valence-electron chi connectivity index (χ2n) is 3.20. The van der Waals surface area contributed by atoms with Gasteiger partial charge >= 0.3 is 0 Å². The van der Waals surface area contributed by atoms with E-state index in [4.69, 9.17) is 17.3 Å². The normalized spacial score (nSPS) is 10.5. The van der Waals surface area contributed by atoms with E-state index in [1.807, 2.05) is 6.92 Å². The average molecular weight is 223 g/mol. The summed E-state index contributed by atoms with van der Waals surface area (Å²) in [6, 6.07) is 5.26. The molecule has 0 aliphatic carbocycles. The summed E-state index contributed by atoms with van der Waals surface area (Å²) in [4.78, 5) is 4.29. The molecule has 0 spiro atoms. The molecule has 1 aromatic carbocycles. The van der Waals surface area contributed by atoms with Crippen LogP contribution >= 0.6 is 11.6 Å². The van der Waals surface area contributed by atoms with E-state index in [1.165, 1.54) is 0 Å². The third kappa shape index (κ3) is 1.94. The Morgan fingerprint density at radius 3 is 2.93 bits per heavy atom. The number of aromatic amines is 1. The molecule has 5 heteroatoms. The average Bonchev–Trinajstić information content (AvgIpc) is 2.70. The highest BCUT2D eigenvalue weighted by Gasteiger charge is 2.09. The van der Waals surface area contributed by atoms with Gasteiger partial charge in [-0.3, -0.25) is 5.10 Å². The van der Waals surface area contributed by atoms with E-state index in [0.717, 1.165) is 17.8 Å². The molecule has 0 amide bonds. The number of rotatable bonds is 2. The third-order valence-corrected chi connectivity index (χ3v) is 2.43. The number of nitrogens with one attached hydrogen (secondary N) is 1. The van der Waals surface area contributed by atoms with Gasteiger partial charge in [-0.1, -0.05) is 18.5 Å². The van der Waals surface area contributed by atoms with E-state index < -0.39 is 0 Å². The molecule has 0 bridgehead atoms. The lowest BCUT2D eigenvalue weighted by Crippen LogP contribution is -1.88. The summed E-state index contributed by atoms with van der Waals surface area (Å²) in [6.07, 6.45) is 0.812. The summed E-state index contributed by atoms with van der Waals surface area (Å²) in [5.41, 5.74) is 7.09. The first-order valence-electron chi connectivity index (χ1n) is 4.67. The smallest absolute Gasteiger partial charge is 0.182 e. The highest BCUT2D eigenvalue weighted by Crippen LogP contribution is 2.26. The van der Waals surface area contributed by atoms with Crippen molar-refractivity contribution in [1.29, 1.82) is 0 Å². The topological polar surface area (TPSA) is 67.6 Å². The maximum absolute atomic E-state index is 6.03. The van der Waals surface area contributed by atoms with Crippen LogP contribution in [0.3, 0.4) is 0 Å². The number of nitrogen functional groups attached to an aromatic ring is 1. The largest absolute Gasteiger partial charge is 0.399 e. The number of benzene rings is 1. The molecule has 0 aliphatic heterocycles. The summed E-state index contributed by atoms with van der Waals surface area (Å²) in [5, 5.41) is 7.53. The molecule has 0 saturated heterocycles. The first kappa shape index (κ1) is 9.98. The molecule has 15 heavy (non-hydrogen) atoms. The van der Waals surface area contributed by atoms with Gasteiger partial charge in [0, 0.05) is 17.7 Å². The molecule has 2 aromatic rings. The van der Waals surface area contributed by atoms with Gasteiger partial charge in [-0.05, 0) is 18.2 Å². The molecular formula is C10H11ClN4. The second kappa shape index (κ2) is 3.90. The Morgan fingerprint density at radius 1 is 1.47 bits per heavy atom. The van der Waals surface area contributed by atoms with Crippen molar-refractivity contribution >= 4 is 17.3 Å². The van der Waals surface area contributed by atoms with Crippen LogP contribution in [0.2, 0.25) is 5.02 Å². The lowest BCUT2D eigenvalue weighted by Gasteiger charge is -2.00. The fourth-order valence-electron chi connectivity index (χ4n) is 1.29. The predicted octanol–water partition coefficient (Wildman–Crippen LogP) is 2.27. The summed E-state index contributed by atoms with van der Waals surface area (Å²) in [6.45, 7) is 2.01. The first-order valence-corrected chi connectivity index (χ1v) is 5.05. The Bertz CT molecular complexity index is 478. The van der Waals surface area contributed by atoms with Crippen molar-refractivity contribution in [3.8, 4) is 11.4 Å². The first-order chi connectivity index (χ1) is 7.20. The molecule has 0 atom stereocenters. The molecule has 0 unspecified atom stereocenters. The molecule has 3 N–H and O–H groups in total. The van der Waals surface area contributed by atoms with Gasteiger partial charge in [0.2, 0.25) is 0 Å². The standard InChI is InChI=1S/C10H11ClN4/c1-2-9-13-10(15-14-9)7-5-6(12)3-4-8(7)11/h3-5H,2,12H2,1H3,(H,13,14,15). The molecule has 0 aliphatic rings. The van der Waals surface area contributed by atoms with Gasteiger partial charge in [-0.2, -0.15) is 5.10 Å². The van der Waals surface area contributed by atoms with Crippen LogP contribution in [0, 0.1) is 0 Å². The van der Waals surface area contributed by atoms with Crippen LogP contribution < -0.4 is 5.73 Å². The Kier molecular flexibility index (Phi) is 2.60. The number of halogens is 1. The SMILES string of the molecule is CCc1nc(-c2cc(N)ccc2Cl)n[nH]1. The number of H-pyrrole nitrogens is 1. The maximum atomic E-state index is 6.03. The number of hydrogen-bond acceptors (Lipinski definition) is 3. The molecular weight excluding hydrogens is 212 g/mol. The Hall–Kier alpha value is -1.55. The maximum Gasteiger partial charge on any atom is 0.182 e. The zero-order valence-corrected chi connectivity index (χ0v) is 9.04. The van der Waals surface area contributed by atoms with Gasteiger partial charge in [0.25, 0.3) is 0 Å². The Morgan fingerprint density at radius 2 is 2.27 bits per heavy atom. The van der Waals surface area contributed by atoms with Crippen molar-refractivity contribution in [3.63, 3.8) is 0 Å². The van der Waals surface area contributed by atoms with Gasteiger partial charge < -0.3 is 5.73 Å². The van der Waals surface area contributed by atoms with E-state index in [0.29, 0.717) is 16.5 Å². The van der Waals surface area contributed by atoms with Crippen molar-refractivity contribution in [2.24, 2.45) is 0 Å². The lowest BCUT2D eigenvalue weighted by molar-refractivity contribution is 0.946. The van der Waals surface area contributed by atoms with E-state index in [-0.39, 0.29) is 0 Å². The molecule has 1 heterocycles. The molecule has 0 fully saturated rings. The molecule has 4 nitrogen and oxygen atoms in total. The van der Waals surface area contributed by atoms with Crippen molar-refractivity contribution in [3.05, 3.63) is 29.0 Å².